The summed E-state index contributed by atoms with van der Waals surface area (Å²) >= 11 is 0. The second-order valence-corrected chi connectivity index (χ2v) is 10.0. The van der Waals surface area contributed by atoms with Crippen LogP contribution >= 0.6 is 0 Å². The first kappa shape index (κ1) is 23.2. The van der Waals surface area contributed by atoms with Gasteiger partial charge in [0, 0.05) is 19.2 Å². The van der Waals surface area contributed by atoms with Crippen molar-refractivity contribution in [3.05, 3.63) is 75.9 Å². The molecule has 0 radical (unpaired) electrons. The van der Waals surface area contributed by atoms with E-state index in [1.807, 2.05) is 42.5 Å². The summed E-state index contributed by atoms with van der Waals surface area (Å²) in [6.07, 6.45) is 4.31. The van der Waals surface area contributed by atoms with Crippen molar-refractivity contribution < 1.29 is 19.4 Å². The molecule has 4 rings (SSSR count). The van der Waals surface area contributed by atoms with Gasteiger partial charge in [0.15, 0.2) is 0 Å². The van der Waals surface area contributed by atoms with Gasteiger partial charge in [-0.25, -0.2) is 0 Å². The highest BCUT2D eigenvalue weighted by Crippen LogP contribution is 2.40. The Kier molecular flexibility index (Phi) is 6.44. The first-order chi connectivity index (χ1) is 15.7. The number of aliphatic hydroxyl groups excluding tert-OH is 1. The van der Waals surface area contributed by atoms with Crippen molar-refractivity contribution in [2.24, 2.45) is 0 Å². The summed E-state index contributed by atoms with van der Waals surface area (Å²) in [6, 6.07) is 13.2. The van der Waals surface area contributed by atoms with Crippen LogP contribution in [0, 0.1) is 0 Å². The number of amides is 1. The SMILES string of the molecule is COCCN1C(=O)C(=O)/C(=C(\O)c2ccc3c(c2)CCCC3)C1c1ccc(C(C)(C)C)cc1. The number of nitrogens with zero attached hydrogens (tertiary/aromatic N) is 1. The van der Waals surface area contributed by atoms with Crippen LogP contribution in [0.3, 0.4) is 0 Å². The van der Waals surface area contributed by atoms with Crippen LogP contribution in [0.4, 0.5) is 0 Å². The van der Waals surface area contributed by atoms with E-state index in [2.05, 4.69) is 20.8 Å². The quantitative estimate of drug-likeness (QED) is 0.401. The summed E-state index contributed by atoms with van der Waals surface area (Å²) < 4.78 is 5.19. The van der Waals surface area contributed by atoms with Crippen molar-refractivity contribution in [3.63, 3.8) is 0 Å². The van der Waals surface area contributed by atoms with Gasteiger partial charge >= 0.3 is 0 Å². The molecule has 2 aliphatic rings. The summed E-state index contributed by atoms with van der Waals surface area (Å²) in [7, 11) is 1.57. The van der Waals surface area contributed by atoms with E-state index in [-0.39, 0.29) is 23.3 Å². The average molecular weight is 448 g/mol. The summed E-state index contributed by atoms with van der Waals surface area (Å²) in [6.45, 7) is 7.00. The van der Waals surface area contributed by atoms with Gasteiger partial charge in [-0.2, -0.15) is 0 Å². The fraction of sp³-hybridized carbons (Fsp3) is 0.429. The number of aliphatic hydroxyl groups is 1. The molecule has 1 fully saturated rings. The molecule has 1 saturated heterocycles. The number of benzene rings is 2. The molecule has 5 nitrogen and oxygen atoms in total. The Balaban J connectivity index is 1.81. The highest BCUT2D eigenvalue weighted by atomic mass is 16.5. The van der Waals surface area contributed by atoms with Crippen molar-refractivity contribution >= 4 is 17.4 Å². The van der Waals surface area contributed by atoms with Crippen molar-refractivity contribution in [3.8, 4) is 0 Å². The molecule has 0 saturated carbocycles. The van der Waals surface area contributed by atoms with E-state index in [1.54, 1.807) is 7.11 Å². The van der Waals surface area contributed by atoms with E-state index < -0.39 is 17.7 Å². The Morgan fingerprint density at radius 2 is 1.70 bits per heavy atom. The fourth-order valence-electron chi connectivity index (χ4n) is 4.85. The number of carbonyl (C=O) groups is 2. The van der Waals surface area contributed by atoms with Crippen LogP contribution in [-0.2, 0) is 32.6 Å². The zero-order valence-corrected chi connectivity index (χ0v) is 20.0. The van der Waals surface area contributed by atoms with Gasteiger partial charge in [0.1, 0.15) is 5.76 Å². The van der Waals surface area contributed by atoms with Gasteiger partial charge in [-0.05, 0) is 59.4 Å². The maximum absolute atomic E-state index is 13.1. The van der Waals surface area contributed by atoms with E-state index in [4.69, 9.17) is 4.74 Å². The molecule has 1 N–H and O–H groups in total. The Morgan fingerprint density at radius 3 is 2.33 bits per heavy atom. The maximum Gasteiger partial charge on any atom is 0.295 e. The lowest BCUT2D eigenvalue weighted by Gasteiger charge is -2.26. The first-order valence-electron chi connectivity index (χ1n) is 11.7. The van der Waals surface area contributed by atoms with Crippen molar-refractivity contribution in [1.29, 1.82) is 0 Å². The van der Waals surface area contributed by atoms with Crippen LogP contribution in [-0.4, -0.2) is 42.0 Å². The molecule has 1 aliphatic carbocycles. The second-order valence-electron chi connectivity index (χ2n) is 10.0. The molecule has 1 amide bonds. The minimum atomic E-state index is -0.648. The number of hydrogen-bond donors (Lipinski definition) is 1. The molecule has 0 bridgehead atoms. The van der Waals surface area contributed by atoms with E-state index in [9.17, 15) is 14.7 Å². The highest BCUT2D eigenvalue weighted by Gasteiger charge is 2.46. The second kappa shape index (κ2) is 9.14. The number of Topliss-reactive ketones (excluding diaryl/α,β-unsaturated/α-hetero) is 1. The van der Waals surface area contributed by atoms with Crippen LogP contribution in [0.25, 0.3) is 5.76 Å². The highest BCUT2D eigenvalue weighted by molar-refractivity contribution is 6.46. The number of carbonyl (C=O) groups excluding carboxylic acids is 2. The topological polar surface area (TPSA) is 66.8 Å². The molecule has 1 heterocycles. The Labute approximate surface area is 196 Å². The van der Waals surface area contributed by atoms with Crippen LogP contribution in [0.2, 0.25) is 0 Å². The molecule has 0 aromatic heterocycles. The monoisotopic (exact) mass is 447 g/mol. The fourth-order valence-corrected chi connectivity index (χ4v) is 4.85. The predicted molar refractivity (Wildman–Crippen MR) is 129 cm³/mol. The van der Waals surface area contributed by atoms with Gasteiger partial charge in [-0.1, -0.05) is 57.2 Å². The van der Waals surface area contributed by atoms with E-state index >= 15 is 0 Å². The smallest absolute Gasteiger partial charge is 0.295 e. The number of ether oxygens (including phenoxy) is 1. The first-order valence-corrected chi connectivity index (χ1v) is 11.7. The molecule has 1 unspecified atom stereocenters. The maximum atomic E-state index is 13.1. The Hall–Kier alpha value is -2.92. The molecule has 2 aromatic rings. The lowest BCUT2D eigenvalue weighted by molar-refractivity contribution is -0.140. The number of rotatable bonds is 5. The number of hydrogen-bond acceptors (Lipinski definition) is 4. The summed E-state index contributed by atoms with van der Waals surface area (Å²) in [4.78, 5) is 27.6. The molecule has 0 spiro atoms. The van der Waals surface area contributed by atoms with Gasteiger partial charge in [0.05, 0.1) is 18.2 Å². The van der Waals surface area contributed by atoms with E-state index in [0.29, 0.717) is 12.2 Å². The largest absolute Gasteiger partial charge is 0.507 e. The summed E-state index contributed by atoms with van der Waals surface area (Å²) in [5.74, 6) is -1.35. The molecule has 1 atom stereocenters. The summed E-state index contributed by atoms with van der Waals surface area (Å²) in [5, 5.41) is 11.3. The molecular formula is C28H33NO4. The zero-order chi connectivity index (χ0) is 23.8. The van der Waals surface area contributed by atoms with Crippen molar-refractivity contribution in [2.75, 3.05) is 20.3 Å². The van der Waals surface area contributed by atoms with Crippen LogP contribution < -0.4 is 0 Å². The minimum absolute atomic E-state index is 0.0144. The third kappa shape index (κ3) is 4.47. The van der Waals surface area contributed by atoms with E-state index in [1.165, 1.54) is 22.4 Å². The predicted octanol–water partition coefficient (Wildman–Crippen LogP) is 4.93. The van der Waals surface area contributed by atoms with Gasteiger partial charge in [0.2, 0.25) is 0 Å². The van der Waals surface area contributed by atoms with Gasteiger partial charge < -0.3 is 14.7 Å². The number of likely N-dealkylation sites (tertiary alicyclic amines) is 1. The van der Waals surface area contributed by atoms with Crippen molar-refractivity contribution in [2.45, 2.75) is 57.9 Å². The molecular weight excluding hydrogens is 414 g/mol. The third-order valence-electron chi connectivity index (χ3n) is 6.79. The third-order valence-corrected chi connectivity index (χ3v) is 6.79. The molecule has 1 aliphatic heterocycles. The van der Waals surface area contributed by atoms with Crippen LogP contribution in [0.5, 0.6) is 0 Å². The molecule has 174 valence electrons. The van der Waals surface area contributed by atoms with Gasteiger partial charge in [-0.3, -0.25) is 9.59 Å². The summed E-state index contributed by atoms with van der Waals surface area (Å²) in [5.41, 5.74) is 5.21. The van der Waals surface area contributed by atoms with E-state index in [0.717, 1.165) is 30.4 Å². The molecule has 33 heavy (non-hydrogen) atoms. The Morgan fingerprint density at radius 1 is 1.03 bits per heavy atom. The number of fused-ring (bicyclic) bond motifs is 1. The number of ketones is 1. The lowest BCUT2D eigenvalue weighted by atomic mass is 9.85. The van der Waals surface area contributed by atoms with Crippen LogP contribution in [0.1, 0.15) is 67.5 Å². The Bertz CT molecular complexity index is 1090. The average Bonchev–Trinajstić information content (AvgIpc) is 3.06. The van der Waals surface area contributed by atoms with Crippen molar-refractivity contribution in [1.82, 2.24) is 4.90 Å². The normalized spacial score (nSPS) is 20.2. The lowest BCUT2D eigenvalue weighted by Crippen LogP contribution is -2.32. The zero-order valence-electron chi connectivity index (χ0n) is 20.0. The van der Waals surface area contributed by atoms with Gasteiger partial charge in [-0.15, -0.1) is 0 Å². The van der Waals surface area contributed by atoms with Gasteiger partial charge in [0.25, 0.3) is 11.7 Å². The standard InChI is InChI=1S/C28H33NO4/c1-28(2,3)22-13-11-19(12-14-22)24-23(26(31)27(32)29(24)15-16-33-4)25(30)21-10-9-18-7-5-6-8-20(18)17-21/h9-14,17,24,30H,5-8,15-16H2,1-4H3/b25-23-. The van der Waals surface area contributed by atoms with Crippen LogP contribution in [0.15, 0.2) is 48.0 Å². The number of methoxy groups -OCH3 is 1. The number of aryl methyl sites for hydroxylation is 2. The molecule has 2 aromatic carbocycles. The minimum Gasteiger partial charge on any atom is -0.507 e. The molecule has 5 heteroatoms.